The Morgan fingerprint density at radius 2 is 1.19 bits per heavy atom. The van der Waals surface area contributed by atoms with E-state index in [1.54, 1.807) is 16.2 Å². The zero-order valence-corrected chi connectivity index (χ0v) is 25.8. The second-order valence-corrected chi connectivity index (χ2v) is 12.0. The first kappa shape index (κ1) is 27.1. The van der Waals surface area contributed by atoms with Crippen molar-refractivity contribution in [1.29, 1.82) is 0 Å². The smallest absolute Gasteiger partial charge is 0.328 e. The summed E-state index contributed by atoms with van der Waals surface area (Å²) in [5.41, 5.74) is 10.0. The van der Waals surface area contributed by atoms with E-state index in [4.69, 9.17) is 14.4 Å². The number of hydrogen-bond donors (Lipinski definition) is 0. The molecular weight excluding hydrogens is 580 g/mol. The van der Waals surface area contributed by atoms with Gasteiger partial charge in [0.15, 0.2) is 5.82 Å². The van der Waals surface area contributed by atoms with Crippen LogP contribution in [0, 0.1) is 0 Å². The number of hydrogen-bond acceptors (Lipinski definition) is 4. The highest BCUT2D eigenvalue weighted by Gasteiger charge is 2.16. The molecule has 0 bridgehead atoms. The summed E-state index contributed by atoms with van der Waals surface area (Å²) in [5, 5.41) is 4.58. The topological polar surface area (TPSA) is 65.8 Å². The summed E-state index contributed by atoms with van der Waals surface area (Å²) in [6.07, 6.45) is 0. The van der Waals surface area contributed by atoms with E-state index in [0.29, 0.717) is 5.82 Å². The molecule has 9 aromatic rings. The number of fused-ring (bicyclic) bond motifs is 6. The van der Waals surface area contributed by atoms with Gasteiger partial charge in [-0.3, -0.25) is 9.13 Å². The molecule has 0 spiro atoms. The van der Waals surface area contributed by atoms with Crippen molar-refractivity contribution < 1.29 is 4.42 Å². The Bertz CT molecular complexity index is 2730. The number of aryl methyl sites for hydroxylation is 2. The molecule has 0 aliphatic rings. The van der Waals surface area contributed by atoms with Gasteiger partial charge in [-0.25, -0.2) is 14.8 Å². The Kier molecular flexibility index (Phi) is 5.99. The lowest BCUT2D eigenvalue weighted by Crippen LogP contribution is -2.19. The van der Waals surface area contributed by atoms with E-state index in [1.807, 2.05) is 49.5 Å². The van der Waals surface area contributed by atoms with Crippen molar-refractivity contribution in [1.82, 2.24) is 19.1 Å². The Morgan fingerprint density at radius 1 is 0.511 bits per heavy atom. The lowest BCUT2D eigenvalue weighted by Gasteiger charge is -2.11. The average Bonchev–Trinajstić information content (AvgIpc) is 3.62. The third-order valence-electron chi connectivity index (χ3n) is 9.18. The molecule has 3 heterocycles. The maximum Gasteiger partial charge on any atom is 0.328 e. The molecule has 0 amide bonds. The van der Waals surface area contributed by atoms with Gasteiger partial charge in [-0.05, 0) is 64.4 Å². The molecule has 0 unspecified atom stereocenters. The number of rotatable bonds is 4. The van der Waals surface area contributed by atoms with Gasteiger partial charge in [0.05, 0.1) is 22.4 Å². The van der Waals surface area contributed by atoms with Crippen LogP contribution in [0.3, 0.4) is 0 Å². The van der Waals surface area contributed by atoms with Crippen LogP contribution in [-0.2, 0) is 14.1 Å². The number of furan rings is 1. The molecule has 6 aromatic carbocycles. The number of benzene rings is 6. The monoisotopic (exact) mass is 608 g/mol. The average molecular weight is 609 g/mol. The Morgan fingerprint density at radius 3 is 2.04 bits per heavy atom. The molecule has 0 radical (unpaired) electrons. The van der Waals surface area contributed by atoms with Gasteiger partial charge in [0, 0.05) is 41.6 Å². The minimum Gasteiger partial charge on any atom is -0.456 e. The predicted octanol–water partition coefficient (Wildman–Crippen LogP) is 9.39. The fraction of sp³-hybridized carbons (Fsp3) is 0.0488. The molecule has 0 saturated heterocycles. The van der Waals surface area contributed by atoms with Crippen molar-refractivity contribution in [3.8, 4) is 45.0 Å². The minimum atomic E-state index is -0.0398. The van der Waals surface area contributed by atoms with Crippen molar-refractivity contribution in [3.63, 3.8) is 0 Å². The van der Waals surface area contributed by atoms with Gasteiger partial charge in [-0.1, -0.05) is 91.0 Å². The first-order chi connectivity index (χ1) is 23.0. The summed E-state index contributed by atoms with van der Waals surface area (Å²) < 4.78 is 9.76. The zero-order valence-electron chi connectivity index (χ0n) is 25.8. The van der Waals surface area contributed by atoms with Crippen molar-refractivity contribution >= 4 is 43.7 Å². The predicted molar refractivity (Wildman–Crippen MR) is 190 cm³/mol. The van der Waals surface area contributed by atoms with Crippen LogP contribution in [0.5, 0.6) is 0 Å². The lowest BCUT2D eigenvalue weighted by atomic mass is 9.99. The van der Waals surface area contributed by atoms with Crippen LogP contribution < -0.4 is 5.69 Å². The van der Waals surface area contributed by atoms with Crippen molar-refractivity contribution in [3.05, 3.63) is 144 Å². The van der Waals surface area contributed by atoms with Crippen LogP contribution in [0.2, 0.25) is 0 Å². The molecular formula is C41H28N4O2. The standard InChI is InChI=1S/C41H28N4O2/c1-44-35-19-16-28(22-36(35)45(2)41(44)46)27-12-8-13-29(21-27)33-24-34(43-40(42-33)26-10-4-3-5-11-26)30-15-18-32-38(23-30)47-37-20-17-25-9-6-7-14-31(25)39(32)37/h3-24H,1-2H3. The first-order valence-electron chi connectivity index (χ1n) is 15.6. The van der Waals surface area contributed by atoms with Crippen LogP contribution in [0.25, 0.3) is 88.8 Å². The quantitative estimate of drug-likeness (QED) is 0.200. The van der Waals surface area contributed by atoms with Gasteiger partial charge in [0.25, 0.3) is 0 Å². The number of nitrogens with zero attached hydrogens (tertiary/aromatic N) is 4. The van der Waals surface area contributed by atoms with Gasteiger partial charge in [-0.2, -0.15) is 0 Å². The van der Waals surface area contributed by atoms with Crippen LogP contribution in [-0.4, -0.2) is 19.1 Å². The van der Waals surface area contributed by atoms with Gasteiger partial charge in [0.1, 0.15) is 11.2 Å². The molecule has 6 nitrogen and oxygen atoms in total. The molecule has 6 heteroatoms. The summed E-state index contributed by atoms with van der Waals surface area (Å²) >= 11 is 0. The highest BCUT2D eigenvalue weighted by atomic mass is 16.3. The SMILES string of the molecule is Cn1c(=O)n(C)c2cc(-c3cccc(-c4cc(-c5ccc6c(c5)oc5ccc7ccccc7c56)nc(-c5ccccc5)n4)c3)ccc21. The number of aromatic nitrogens is 4. The van der Waals surface area contributed by atoms with Crippen LogP contribution in [0.1, 0.15) is 0 Å². The van der Waals surface area contributed by atoms with Gasteiger partial charge in [0.2, 0.25) is 0 Å². The van der Waals surface area contributed by atoms with Crippen molar-refractivity contribution in [2.45, 2.75) is 0 Å². The Labute approximate surface area is 269 Å². The second-order valence-electron chi connectivity index (χ2n) is 12.0. The first-order valence-corrected chi connectivity index (χ1v) is 15.6. The largest absolute Gasteiger partial charge is 0.456 e. The van der Waals surface area contributed by atoms with E-state index in [0.717, 1.165) is 72.2 Å². The van der Waals surface area contributed by atoms with Gasteiger partial charge < -0.3 is 4.42 Å². The second kappa shape index (κ2) is 10.4. The molecule has 0 N–H and O–H groups in total. The maximum atomic E-state index is 12.5. The molecule has 0 fully saturated rings. The highest BCUT2D eigenvalue weighted by Crippen LogP contribution is 2.37. The van der Waals surface area contributed by atoms with E-state index in [2.05, 4.69) is 91.0 Å². The molecule has 224 valence electrons. The third kappa shape index (κ3) is 4.37. The van der Waals surface area contributed by atoms with Crippen LogP contribution in [0.15, 0.2) is 143 Å². The fourth-order valence-corrected chi connectivity index (χ4v) is 6.71. The molecule has 3 aromatic heterocycles. The Balaban J connectivity index is 1.19. The maximum absolute atomic E-state index is 12.5. The van der Waals surface area contributed by atoms with Crippen molar-refractivity contribution in [2.75, 3.05) is 0 Å². The van der Waals surface area contributed by atoms with E-state index < -0.39 is 0 Å². The normalized spacial score (nSPS) is 11.7. The lowest BCUT2D eigenvalue weighted by molar-refractivity contribution is 0.669. The third-order valence-corrected chi connectivity index (χ3v) is 9.18. The molecule has 0 saturated carbocycles. The summed E-state index contributed by atoms with van der Waals surface area (Å²) in [6.45, 7) is 0. The molecule has 47 heavy (non-hydrogen) atoms. The molecule has 0 aliphatic carbocycles. The van der Waals surface area contributed by atoms with Crippen molar-refractivity contribution in [2.24, 2.45) is 14.1 Å². The van der Waals surface area contributed by atoms with Crippen LogP contribution >= 0.6 is 0 Å². The summed E-state index contributed by atoms with van der Waals surface area (Å²) in [6, 6.07) is 45.5. The summed E-state index contributed by atoms with van der Waals surface area (Å²) in [4.78, 5) is 22.7. The molecule has 0 aliphatic heterocycles. The zero-order chi connectivity index (χ0) is 31.6. The summed E-state index contributed by atoms with van der Waals surface area (Å²) in [7, 11) is 3.61. The van der Waals surface area contributed by atoms with E-state index >= 15 is 0 Å². The highest BCUT2D eigenvalue weighted by molar-refractivity contribution is 6.19. The Hall–Kier alpha value is -6.27. The van der Waals surface area contributed by atoms with Crippen LogP contribution in [0.4, 0.5) is 0 Å². The van der Waals surface area contributed by atoms with E-state index in [1.165, 1.54) is 10.8 Å². The molecule has 9 rings (SSSR count). The minimum absolute atomic E-state index is 0.0398. The summed E-state index contributed by atoms with van der Waals surface area (Å²) in [5.74, 6) is 0.653. The van der Waals surface area contributed by atoms with Gasteiger partial charge >= 0.3 is 5.69 Å². The molecule has 0 atom stereocenters. The van der Waals surface area contributed by atoms with E-state index in [-0.39, 0.29) is 5.69 Å². The van der Waals surface area contributed by atoms with Gasteiger partial charge in [-0.15, -0.1) is 0 Å². The van der Waals surface area contributed by atoms with E-state index in [9.17, 15) is 4.79 Å². The number of imidazole rings is 1. The fourth-order valence-electron chi connectivity index (χ4n) is 6.71.